The molecule has 0 spiro atoms. The molecule has 0 aliphatic heterocycles. The van der Waals surface area contributed by atoms with E-state index in [0.717, 1.165) is 5.69 Å². The topological polar surface area (TPSA) is 61.9 Å². The summed E-state index contributed by atoms with van der Waals surface area (Å²) in [5.74, 6) is 0.151. The van der Waals surface area contributed by atoms with Crippen LogP contribution in [-0.2, 0) is 0 Å². The Balaban J connectivity index is 1.99. The van der Waals surface area contributed by atoms with Crippen molar-refractivity contribution in [3.8, 4) is 17.3 Å². The number of benzene rings is 1. The van der Waals surface area contributed by atoms with Crippen molar-refractivity contribution in [2.24, 2.45) is 0 Å². The first-order chi connectivity index (χ1) is 13.5. The van der Waals surface area contributed by atoms with Crippen LogP contribution in [0.25, 0.3) is 22.3 Å². The van der Waals surface area contributed by atoms with Gasteiger partial charge in [-0.05, 0) is 45.0 Å². The van der Waals surface area contributed by atoms with E-state index in [1.165, 1.54) is 4.68 Å². The molecule has 3 aromatic heterocycles. The summed E-state index contributed by atoms with van der Waals surface area (Å²) in [7, 11) is 0. The van der Waals surface area contributed by atoms with E-state index in [2.05, 4.69) is 10.1 Å². The van der Waals surface area contributed by atoms with Gasteiger partial charge in [0.1, 0.15) is 0 Å². The number of fused-ring (bicyclic) bond motifs is 1. The molecule has 28 heavy (non-hydrogen) atoms. The molecule has 0 saturated carbocycles. The predicted octanol–water partition coefficient (Wildman–Crippen LogP) is 3.73. The number of ether oxygens (including phenoxy) is 1. The molecule has 0 aliphatic carbocycles. The lowest BCUT2D eigenvalue weighted by atomic mass is 10.2. The van der Waals surface area contributed by atoms with Gasteiger partial charge < -0.3 is 9.30 Å². The van der Waals surface area contributed by atoms with E-state index in [-0.39, 0.29) is 11.3 Å². The Labute approximate surface area is 160 Å². The quantitative estimate of drug-likeness (QED) is 0.543. The molecular weight excluding hydrogens is 359 g/mol. The second-order valence-electron chi connectivity index (χ2n) is 6.37. The molecule has 0 N–H and O–H groups in total. The number of hydrogen-bond donors (Lipinski definition) is 0. The molecule has 6 nitrogen and oxygen atoms in total. The van der Waals surface area contributed by atoms with Crippen LogP contribution in [0.15, 0.2) is 53.6 Å². The van der Waals surface area contributed by atoms with Gasteiger partial charge in [0.25, 0.3) is 5.56 Å². The predicted molar refractivity (Wildman–Crippen MR) is 105 cm³/mol. The minimum Gasteiger partial charge on any atom is -0.491 e. The van der Waals surface area contributed by atoms with Crippen LogP contribution in [0.2, 0.25) is 0 Å². The summed E-state index contributed by atoms with van der Waals surface area (Å²) in [6.45, 7) is 5.81. The third kappa shape index (κ3) is 2.67. The van der Waals surface area contributed by atoms with Gasteiger partial charge in [-0.3, -0.25) is 4.79 Å². The lowest BCUT2D eigenvalue weighted by molar-refractivity contribution is 0.321. The Bertz CT molecular complexity index is 1230. The summed E-state index contributed by atoms with van der Waals surface area (Å²) < 4.78 is 23.4. The largest absolute Gasteiger partial charge is 0.491 e. The summed E-state index contributed by atoms with van der Waals surface area (Å²) in [4.78, 5) is 17.3. The average Bonchev–Trinajstić information content (AvgIpc) is 2.96. The van der Waals surface area contributed by atoms with Gasteiger partial charge >= 0.3 is 0 Å². The molecule has 4 aromatic rings. The Morgan fingerprint density at radius 3 is 2.64 bits per heavy atom. The van der Waals surface area contributed by atoms with Crippen molar-refractivity contribution in [1.29, 1.82) is 0 Å². The number of rotatable bonds is 4. The fraction of sp³-hybridized carbons (Fsp3) is 0.190. The van der Waals surface area contributed by atoms with E-state index in [0.29, 0.717) is 34.6 Å². The molecule has 0 saturated heterocycles. The Hall–Kier alpha value is -3.48. The van der Waals surface area contributed by atoms with Crippen LogP contribution < -0.4 is 10.3 Å². The van der Waals surface area contributed by atoms with Gasteiger partial charge in [0, 0.05) is 23.0 Å². The standard InChI is InChI=1S/C21H19FN4O2/c1-4-28-17-9-7-8-16(20(17)22)25-13(2)15-12-24-26(18-10-5-6-11-23-18)21(27)19(15)14(25)3/h5-12H,4H2,1-3H3. The van der Waals surface area contributed by atoms with Gasteiger partial charge in [0.05, 0.1) is 23.9 Å². The van der Waals surface area contributed by atoms with Gasteiger partial charge in [-0.15, -0.1) is 0 Å². The molecule has 0 radical (unpaired) electrons. The average molecular weight is 378 g/mol. The maximum absolute atomic E-state index is 15.0. The van der Waals surface area contributed by atoms with E-state index in [4.69, 9.17) is 4.74 Å². The lowest BCUT2D eigenvalue weighted by Gasteiger charge is -2.13. The van der Waals surface area contributed by atoms with Crippen molar-refractivity contribution in [3.63, 3.8) is 0 Å². The zero-order valence-corrected chi connectivity index (χ0v) is 15.8. The van der Waals surface area contributed by atoms with Crippen LogP contribution in [0.4, 0.5) is 4.39 Å². The second kappa shape index (κ2) is 6.92. The van der Waals surface area contributed by atoms with Gasteiger partial charge in [0.15, 0.2) is 17.4 Å². The molecule has 0 amide bonds. The van der Waals surface area contributed by atoms with Crippen LogP contribution >= 0.6 is 0 Å². The summed E-state index contributed by atoms with van der Waals surface area (Å²) in [5, 5.41) is 5.43. The second-order valence-corrected chi connectivity index (χ2v) is 6.37. The third-order valence-corrected chi connectivity index (χ3v) is 4.75. The van der Waals surface area contributed by atoms with Crippen LogP contribution in [0.5, 0.6) is 5.75 Å². The first-order valence-electron chi connectivity index (χ1n) is 8.97. The number of pyridine rings is 1. The van der Waals surface area contributed by atoms with Gasteiger partial charge in [-0.25, -0.2) is 9.37 Å². The fourth-order valence-corrected chi connectivity index (χ4v) is 3.50. The summed E-state index contributed by atoms with van der Waals surface area (Å²) in [5.41, 5.74) is 1.41. The number of aromatic nitrogens is 4. The number of hydrogen-bond acceptors (Lipinski definition) is 4. The van der Waals surface area contributed by atoms with Crippen molar-refractivity contribution in [1.82, 2.24) is 19.3 Å². The molecule has 1 aromatic carbocycles. The van der Waals surface area contributed by atoms with Crippen LogP contribution in [0.1, 0.15) is 18.3 Å². The zero-order valence-electron chi connectivity index (χ0n) is 15.8. The Kier molecular flexibility index (Phi) is 4.43. The smallest absolute Gasteiger partial charge is 0.282 e. The summed E-state index contributed by atoms with van der Waals surface area (Å²) in [6, 6.07) is 10.3. The molecule has 7 heteroatoms. The summed E-state index contributed by atoms with van der Waals surface area (Å²) in [6.07, 6.45) is 3.22. The van der Waals surface area contributed by atoms with Crippen LogP contribution in [-0.4, -0.2) is 25.9 Å². The van der Waals surface area contributed by atoms with Gasteiger partial charge in [-0.2, -0.15) is 9.78 Å². The number of aryl methyl sites for hydroxylation is 2. The number of halogens is 1. The lowest BCUT2D eigenvalue weighted by Crippen LogP contribution is -2.21. The molecule has 142 valence electrons. The number of nitrogens with zero attached hydrogens (tertiary/aromatic N) is 4. The maximum atomic E-state index is 15.0. The third-order valence-electron chi connectivity index (χ3n) is 4.75. The molecule has 0 unspecified atom stereocenters. The minimum absolute atomic E-state index is 0.181. The molecular formula is C21H19FN4O2. The van der Waals surface area contributed by atoms with Crippen molar-refractivity contribution >= 4 is 10.8 Å². The SMILES string of the molecule is CCOc1cccc(-n2c(C)c3cnn(-c4ccccn4)c(=O)c3c2C)c1F. The zero-order chi connectivity index (χ0) is 19.8. The molecule has 0 atom stereocenters. The van der Waals surface area contributed by atoms with E-state index < -0.39 is 5.82 Å². The Morgan fingerprint density at radius 1 is 1.11 bits per heavy atom. The normalized spacial score (nSPS) is 11.1. The van der Waals surface area contributed by atoms with Crippen molar-refractivity contribution in [3.05, 3.63) is 76.4 Å². The van der Waals surface area contributed by atoms with E-state index in [1.54, 1.807) is 67.2 Å². The Morgan fingerprint density at radius 2 is 1.93 bits per heavy atom. The monoisotopic (exact) mass is 378 g/mol. The highest BCUT2D eigenvalue weighted by molar-refractivity contribution is 5.88. The van der Waals surface area contributed by atoms with E-state index in [9.17, 15) is 4.79 Å². The van der Waals surface area contributed by atoms with Crippen molar-refractivity contribution < 1.29 is 9.13 Å². The molecule has 0 fully saturated rings. The van der Waals surface area contributed by atoms with Gasteiger partial charge in [0.2, 0.25) is 0 Å². The van der Waals surface area contributed by atoms with Crippen molar-refractivity contribution in [2.45, 2.75) is 20.8 Å². The van der Waals surface area contributed by atoms with E-state index >= 15 is 4.39 Å². The highest BCUT2D eigenvalue weighted by Gasteiger charge is 2.21. The summed E-state index contributed by atoms with van der Waals surface area (Å²) >= 11 is 0. The minimum atomic E-state index is -0.464. The molecule has 4 rings (SSSR count). The van der Waals surface area contributed by atoms with Crippen LogP contribution in [0.3, 0.4) is 0 Å². The fourth-order valence-electron chi connectivity index (χ4n) is 3.50. The van der Waals surface area contributed by atoms with Crippen LogP contribution in [0, 0.1) is 19.7 Å². The van der Waals surface area contributed by atoms with Gasteiger partial charge in [-0.1, -0.05) is 12.1 Å². The first kappa shape index (κ1) is 17.9. The van der Waals surface area contributed by atoms with Crippen molar-refractivity contribution in [2.75, 3.05) is 6.61 Å². The maximum Gasteiger partial charge on any atom is 0.282 e. The molecule has 3 heterocycles. The molecule has 0 aliphatic rings. The first-order valence-corrected chi connectivity index (χ1v) is 8.97. The highest BCUT2D eigenvalue weighted by Crippen LogP contribution is 2.30. The molecule has 0 bridgehead atoms. The van der Waals surface area contributed by atoms with E-state index in [1.807, 2.05) is 6.92 Å². The highest BCUT2D eigenvalue weighted by atomic mass is 19.1.